The maximum Gasteiger partial charge on any atom is 0.257 e. The molecule has 28 heavy (non-hydrogen) atoms. The van der Waals surface area contributed by atoms with Gasteiger partial charge in [0.25, 0.3) is 5.91 Å². The van der Waals surface area contributed by atoms with Crippen molar-refractivity contribution in [2.75, 3.05) is 19.5 Å². The third kappa shape index (κ3) is 4.89. The zero-order valence-corrected chi connectivity index (χ0v) is 16.2. The lowest BCUT2D eigenvalue weighted by Gasteiger charge is -2.09. The fourth-order valence-corrected chi connectivity index (χ4v) is 3.12. The number of nitrogens with zero attached hydrogens (tertiary/aromatic N) is 1. The van der Waals surface area contributed by atoms with Gasteiger partial charge in [-0.15, -0.1) is 11.3 Å². The van der Waals surface area contributed by atoms with Crippen LogP contribution >= 0.6 is 11.3 Å². The van der Waals surface area contributed by atoms with Crippen molar-refractivity contribution >= 4 is 28.3 Å². The fourth-order valence-electron chi connectivity index (χ4n) is 2.42. The van der Waals surface area contributed by atoms with Crippen LogP contribution < -0.4 is 20.1 Å². The van der Waals surface area contributed by atoms with Crippen molar-refractivity contribution in [1.29, 1.82) is 0 Å². The molecule has 9 heteroatoms. The molecule has 1 aromatic carbocycles. The Labute approximate surface area is 165 Å². The number of aromatic nitrogens is 1. The summed E-state index contributed by atoms with van der Waals surface area (Å²) in [6.07, 6.45) is 1.67. The summed E-state index contributed by atoms with van der Waals surface area (Å²) >= 11 is 1.25. The average Bonchev–Trinajstić information content (AvgIpc) is 3.37. The number of anilines is 1. The van der Waals surface area contributed by atoms with Crippen molar-refractivity contribution in [2.24, 2.45) is 0 Å². The number of ether oxygens (including phenoxy) is 2. The molecule has 0 bridgehead atoms. The first-order chi connectivity index (χ1) is 13.6. The molecule has 0 aliphatic carbocycles. The van der Waals surface area contributed by atoms with E-state index in [1.54, 1.807) is 42.0 Å². The molecule has 0 aliphatic rings. The van der Waals surface area contributed by atoms with Crippen molar-refractivity contribution in [3.05, 3.63) is 59.0 Å². The van der Waals surface area contributed by atoms with Gasteiger partial charge in [-0.25, -0.2) is 4.98 Å². The van der Waals surface area contributed by atoms with Gasteiger partial charge in [0.2, 0.25) is 5.91 Å². The van der Waals surface area contributed by atoms with Crippen molar-refractivity contribution in [1.82, 2.24) is 10.3 Å². The van der Waals surface area contributed by atoms with E-state index in [0.717, 1.165) is 0 Å². The van der Waals surface area contributed by atoms with Gasteiger partial charge in [-0.2, -0.15) is 0 Å². The number of carbonyl (C=O) groups excluding carboxylic acids is 2. The Bertz CT molecular complexity index is 952. The molecule has 0 saturated heterocycles. The van der Waals surface area contributed by atoms with Gasteiger partial charge in [-0.1, -0.05) is 0 Å². The lowest BCUT2D eigenvalue weighted by atomic mass is 10.2. The zero-order chi connectivity index (χ0) is 19.9. The summed E-state index contributed by atoms with van der Waals surface area (Å²) in [4.78, 5) is 28.7. The summed E-state index contributed by atoms with van der Waals surface area (Å²) in [7, 11) is 3.03. The van der Waals surface area contributed by atoms with Crippen LogP contribution in [-0.4, -0.2) is 31.0 Å². The molecule has 2 amide bonds. The maximum atomic E-state index is 12.4. The van der Waals surface area contributed by atoms with Crippen LogP contribution in [-0.2, 0) is 17.8 Å². The number of thiazole rings is 1. The van der Waals surface area contributed by atoms with Crippen LogP contribution in [0.25, 0.3) is 0 Å². The van der Waals surface area contributed by atoms with Gasteiger partial charge in [-0.05, 0) is 30.3 Å². The first-order valence-electron chi connectivity index (χ1n) is 8.36. The number of hydrogen-bond acceptors (Lipinski definition) is 7. The van der Waals surface area contributed by atoms with Crippen LogP contribution in [0.5, 0.6) is 11.5 Å². The highest BCUT2D eigenvalue weighted by atomic mass is 32.1. The van der Waals surface area contributed by atoms with E-state index in [0.29, 0.717) is 40.2 Å². The van der Waals surface area contributed by atoms with Crippen LogP contribution in [0.15, 0.2) is 46.4 Å². The molecule has 0 atom stereocenters. The second-order valence-corrected chi connectivity index (χ2v) is 6.56. The van der Waals surface area contributed by atoms with Gasteiger partial charge >= 0.3 is 0 Å². The monoisotopic (exact) mass is 401 g/mol. The normalized spacial score (nSPS) is 10.4. The Balaban J connectivity index is 1.56. The molecule has 0 fully saturated rings. The van der Waals surface area contributed by atoms with Crippen molar-refractivity contribution in [2.45, 2.75) is 13.0 Å². The molecule has 8 nitrogen and oxygen atoms in total. The molecular formula is C19H19N3O5S. The molecule has 0 aliphatic heterocycles. The number of furan rings is 1. The molecule has 0 spiro atoms. The van der Waals surface area contributed by atoms with E-state index in [2.05, 4.69) is 15.6 Å². The Morgan fingerprint density at radius 3 is 2.71 bits per heavy atom. The first kappa shape index (κ1) is 19.4. The van der Waals surface area contributed by atoms with Crippen LogP contribution in [0.1, 0.15) is 21.8 Å². The lowest BCUT2D eigenvalue weighted by Crippen LogP contribution is -2.24. The summed E-state index contributed by atoms with van der Waals surface area (Å²) in [5.74, 6) is 1.16. The maximum absolute atomic E-state index is 12.4. The zero-order valence-electron chi connectivity index (χ0n) is 15.4. The minimum atomic E-state index is -0.330. The van der Waals surface area contributed by atoms with Crippen molar-refractivity contribution < 1.29 is 23.5 Å². The van der Waals surface area contributed by atoms with Crippen molar-refractivity contribution in [3.63, 3.8) is 0 Å². The van der Waals surface area contributed by atoms with E-state index in [9.17, 15) is 9.59 Å². The van der Waals surface area contributed by atoms with Gasteiger partial charge in [0, 0.05) is 10.9 Å². The molecule has 146 valence electrons. The third-order valence-corrected chi connectivity index (χ3v) is 4.61. The van der Waals surface area contributed by atoms with E-state index >= 15 is 0 Å². The summed E-state index contributed by atoms with van der Waals surface area (Å²) < 4.78 is 15.5. The molecule has 2 heterocycles. The minimum absolute atomic E-state index is 0.115. The number of methoxy groups -OCH3 is 2. The number of rotatable bonds is 8. The number of carbonyl (C=O) groups is 2. The topological polar surface area (TPSA) is 103 Å². The van der Waals surface area contributed by atoms with E-state index in [-0.39, 0.29) is 18.2 Å². The second kappa shape index (κ2) is 9.05. The summed E-state index contributed by atoms with van der Waals surface area (Å²) in [6.45, 7) is 0.318. The largest absolute Gasteiger partial charge is 0.493 e. The molecular weight excluding hydrogens is 382 g/mol. The quantitative estimate of drug-likeness (QED) is 0.602. The van der Waals surface area contributed by atoms with Crippen LogP contribution in [0.4, 0.5) is 5.13 Å². The van der Waals surface area contributed by atoms with Crippen LogP contribution in [0.2, 0.25) is 0 Å². The number of hydrogen-bond donors (Lipinski definition) is 2. The average molecular weight is 401 g/mol. The van der Waals surface area contributed by atoms with Crippen molar-refractivity contribution in [3.8, 4) is 11.5 Å². The molecule has 2 N–H and O–H groups in total. The van der Waals surface area contributed by atoms with Gasteiger partial charge in [0.05, 0.1) is 39.1 Å². The predicted octanol–water partition coefficient (Wildman–Crippen LogP) is 2.86. The highest BCUT2D eigenvalue weighted by Crippen LogP contribution is 2.28. The Hall–Kier alpha value is -3.33. The van der Waals surface area contributed by atoms with E-state index in [1.807, 2.05) is 0 Å². The van der Waals surface area contributed by atoms with Gasteiger partial charge < -0.3 is 19.2 Å². The van der Waals surface area contributed by atoms with Crippen LogP contribution in [0.3, 0.4) is 0 Å². The minimum Gasteiger partial charge on any atom is -0.493 e. The molecule has 0 saturated carbocycles. The molecule has 0 unspecified atom stereocenters. The number of nitrogens with one attached hydrogen (secondary N) is 2. The Morgan fingerprint density at radius 1 is 1.18 bits per heavy atom. The Kier molecular flexibility index (Phi) is 6.28. The molecule has 3 aromatic rings. The summed E-state index contributed by atoms with van der Waals surface area (Å²) in [6, 6.07) is 8.42. The number of benzene rings is 1. The van der Waals surface area contributed by atoms with Crippen LogP contribution in [0, 0.1) is 0 Å². The summed E-state index contributed by atoms with van der Waals surface area (Å²) in [5, 5.41) is 7.62. The highest BCUT2D eigenvalue weighted by molar-refractivity contribution is 7.14. The number of amides is 2. The summed E-state index contributed by atoms with van der Waals surface area (Å²) in [5.41, 5.74) is 0.982. The fraction of sp³-hybridized carbons (Fsp3) is 0.211. The van der Waals surface area contributed by atoms with E-state index < -0.39 is 0 Å². The molecule has 3 rings (SSSR count). The highest BCUT2D eigenvalue weighted by Gasteiger charge is 2.14. The molecule has 0 radical (unpaired) electrons. The Morgan fingerprint density at radius 2 is 2.00 bits per heavy atom. The van der Waals surface area contributed by atoms with Gasteiger partial charge in [-0.3, -0.25) is 14.9 Å². The van der Waals surface area contributed by atoms with E-state index in [1.165, 1.54) is 25.6 Å². The second-order valence-electron chi connectivity index (χ2n) is 5.70. The predicted molar refractivity (Wildman–Crippen MR) is 104 cm³/mol. The standard InChI is InChI=1S/C19H19N3O5S/c1-25-15-6-5-12(8-16(15)26-2)18(24)22-19-21-13(11-28-19)9-17(23)20-10-14-4-3-7-27-14/h3-8,11H,9-10H2,1-2H3,(H,20,23)(H,21,22,24). The van der Waals surface area contributed by atoms with E-state index in [4.69, 9.17) is 13.9 Å². The lowest BCUT2D eigenvalue weighted by molar-refractivity contribution is -0.120. The third-order valence-electron chi connectivity index (χ3n) is 3.80. The SMILES string of the molecule is COc1ccc(C(=O)Nc2nc(CC(=O)NCc3ccco3)cs2)cc1OC. The first-order valence-corrected chi connectivity index (χ1v) is 9.24. The van der Waals surface area contributed by atoms with Gasteiger partial charge in [0.1, 0.15) is 5.76 Å². The van der Waals surface area contributed by atoms with Gasteiger partial charge in [0.15, 0.2) is 16.6 Å². The smallest absolute Gasteiger partial charge is 0.257 e. The molecule has 2 aromatic heterocycles.